The molecule has 0 spiro atoms. The maximum atomic E-state index is 12.7. The van der Waals surface area contributed by atoms with Crippen LogP contribution in [0.1, 0.15) is 52.0 Å². The van der Waals surface area contributed by atoms with E-state index in [0.717, 1.165) is 42.4 Å². The van der Waals surface area contributed by atoms with E-state index in [2.05, 4.69) is 10.3 Å². The number of carbonyl (C=O) groups is 2. The highest BCUT2D eigenvalue weighted by Gasteiger charge is 2.20. The maximum absolute atomic E-state index is 12.7. The number of carbonyl (C=O) groups excluding carboxylic acids is 2. The molecular formula is C25H25N3O3. The zero-order chi connectivity index (χ0) is 21.6. The van der Waals surface area contributed by atoms with Gasteiger partial charge in [-0.2, -0.15) is 0 Å². The minimum Gasteiger partial charge on any atom is -0.459 e. The molecule has 0 saturated heterocycles. The van der Waals surface area contributed by atoms with Gasteiger partial charge in [0, 0.05) is 30.2 Å². The summed E-state index contributed by atoms with van der Waals surface area (Å²) in [6.45, 7) is 0.318. The first-order valence-corrected chi connectivity index (χ1v) is 10.5. The van der Waals surface area contributed by atoms with Crippen molar-refractivity contribution in [3.63, 3.8) is 0 Å². The monoisotopic (exact) mass is 415 g/mol. The standard InChI is InChI=1S/C25H25N3O3/c26-16-20-9-8-18(24(29)28-21-10-12-27-13-11-21)15-23(20)17-4-3-5-19(14-17)25(30)31-22-6-1-2-7-22/h3-5,8-15,22H,1-2,6-7,16,26H2,(H,27,28,29). The normalized spacial score (nSPS) is 13.7. The van der Waals surface area contributed by atoms with Crippen molar-refractivity contribution in [3.05, 3.63) is 83.7 Å². The number of hydrogen-bond acceptors (Lipinski definition) is 5. The second-order valence-electron chi connectivity index (χ2n) is 7.66. The second kappa shape index (κ2) is 9.53. The smallest absolute Gasteiger partial charge is 0.338 e. The molecule has 0 unspecified atom stereocenters. The predicted octanol–water partition coefficient (Wildman–Crippen LogP) is 4.56. The molecule has 3 aromatic rings. The summed E-state index contributed by atoms with van der Waals surface area (Å²) >= 11 is 0. The van der Waals surface area contributed by atoms with Crippen molar-refractivity contribution in [2.24, 2.45) is 5.73 Å². The van der Waals surface area contributed by atoms with Gasteiger partial charge in [-0.25, -0.2) is 4.79 Å². The van der Waals surface area contributed by atoms with Crippen molar-refractivity contribution in [2.45, 2.75) is 38.3 Å². The lowest BCUT2D eigenvalue weighted by Crippen LogP contribution is -2.15. The molecule has 6 heteroatoms. The summed E-state index contributed by atoms with van der Waals surface area (Å²) in [4.78, 5) is 29.3. The number of benzene rings is 2. The van der Waals surface area contributed by atoms with Gasteiger partial charge in [0.2, 0.25) is 0 Å². The first-order valence-electron chi connectivity index (χ1n) is 10.5. The Hall–Kier alpha value is -3.51. The lowest BCUT2D eigenvalue weighted by Gasteiger charge is -2.14. The number of nitrogens with zero attached hydrogens (tertiary/aromatic N) is 1. The molecule has 0 aliphatic heterocycles. The molecule has 1 amide bonds. The van der Waals surface area contributed by atoms with Crippen LogP contribution in [0, 0.1) is 0 Å². The Kier molecular flexibility index (Phi) is 6.38. The van der Waals surface area contributed by atoms with E-state index < -0.39 is 0 Å². The van der Waals surface area contributed by atoms with Gasteiger partial charge >= 0.3 is 5.97 Å². The summed E-state index contributed by atoms with van der Waals surface area (Å²) in [7, 11) is 0. The number of aromatic nitrogens is 1. The number of ether oxygens (including phenoxy) is 1. The number of pyridine rings is 1. The Balaban J connectivity index is 1.60. The van der Waals surface area contributed by atoms with Crippen molar-refractivity contribution >= 4 is 17.6 Å². The molecule has 0 radical (unpaired) electrons. The molecule has 1 aromatic heterocycles. The lowest BCUT2D eigenvalue weighted by molar-refractivity contribution is 0.0318. The summed E-state index contributed by atoms with van der Waals surface area (Å²) in [5, 5.41) is 2.86. The fourth-order valence-electron chi connectivity index (χ4n) is 3.84. The summed E-state index contributed by atoms with van der Waals surface area (Å²) in [5.74, 6) is -0.539. The maximum Gasteiger partial charge on any atom is 0.338 e. The first kappa shape index (κ1) is 20.8. The Morgan fingerprint density at radius 3 is 2.52 bits per heavy atom. The lowest BCUT2D eigenvalue weighted by atomic mass is 9.95. The van der Waals surface area contributed by atoms with E-state index >= 15 is 0 Å². The number of nitrogens with two attached hydrogens (primary N) is 1. The van der Waals surface area contributed by atoms with Gasteiger partial charge in [-0.15, -0.1) is 0 Å². The van der Waals surface area contributed by atoms with Crippen molar-refractivity contribution in [3.8, 4) is 11.1 Å². The van der Waals surface area contributed by atoms with Crippen LogP contribution in [0.3, 0.4) is 0 Å². The highest BCUT2D eigenvalue weighted by Crippen LogP contribution is 2.28. The molecule has 158 valence electrons. The van der Waals surface area contributed by atoms with Crippen LogP contribution in [-0.2, 0) is 11.3 Å². The molecular weight excluding hydrogens is 390 g/mol. The molecule has 4 rings (SSSR count). The molecule has 1 aliphatic rings. The van der Waals surface area contributed by atoms with Gasteiger partial charge in [0.1, 0.15) is 6.10 Å². The van der Waals surface area contributed by atoms with Gasteiger partial charge in [0.25, 0.3) is 5.91 Å². The number of nitrogens with one attached hydrogen (secondary N) is 1. The third kappa shape index (κ3) is 4.98. The molecule has 1 saturated carbocycles. The summed E-state index contributed by atoms with van der Waals surface area (Å²) in [6, 6.07) is 16.1. The quantitative estimate of drug-likeness (QED) is 0.576. The largest absolute Gasteiger partial charge is 0.459 e. The number of rotatable bonds is 6. The molecule has 2 aromatic carbocycles. The van der Waals surface area contributed by atoms with E-state index in [1.165, 1.54) is 0 Å². The van der Waals surface area contributed by atoms with Crippen LogP contribution >= 0.6 is 0 Å². The zero-order valence-electron chi connectivity index (χ0n) is 17.2. The van der Waals surface area contributed by atoms with Crippen molar-refractivity contribution < 1.29 is 14.3 Å². The molecule has 1 fully saturated rings. The van der Waals surface area contributed by atoms with Crippen LogP contribution in [0.4, 0.5) is 5.69 Å². The van der Waals surface area contributed by atoms with Crippen molar-refractivity contribution in [1.29, 1.82) is 0 Å². The fourth-order valence-corrected chi connectivity index (χ4v) is 3.84. The van der Waals surface area contributed by atoms with Gasteiger partial charge in [0.05, 0.1) is 5.56 Å². The fraction of sp³-hybridized carbons (Fsp3) is 0.240. The van der Waals surface area contributed by atoms with E-state index in [9.17, 15) is 9.59 Å². The molecule has 1 heterocycles. The Morgan fingerprint density at radius 1 is 1.00 bits per heavy atom. The predicted molar refractivity (Wildman–Crippen MR) is 120 cm³/mol. The SMILES string of the molecule is NCc1ccc(C(=O)Nc2ccncc2)cc1-c1cccc(C(=O)OC2CCCC2)c1. The number of anilines is 1. The molecule has 3 N–H and O–H groups in total. The Bertz CT molecular complexity index is 1080. The average molecular weight is 415 g/mol. The van der Waals surface area contributed by atoms with Crippen molar-refractivity contribution in [1.82, 2.24) is 4.98 Å². The van der Waals surface area contributed by atoms with Crippen LogP contribution in [0.5, 0.6) is 0 Å². The van der Waals surface area contributed by atoms with E-state index in [1.54, 1.807) is 48.8 Å². The average Bonchev–Trinajstić information content (AvgIpc) is 3.32. The second-order valence-corrected chi connectivity index (χ2v) is 7.66. The topological polar surface area (TPSA) is 94.3 Å². The molecule has 31 heavy (non-hydrogen) atoms. The highest BCUT2D eigenvalue weighted by molar-refractivity contribution is 6.05. The number of amides is 1. The number of esters is 1. The van der Waals surface area contributed by atoms with Crippen LogP contribution in [0.25, 0.3) is 11.1 Å². The zero-order valence-corrected chi connectivity index (χ0v) is 17.2. The third-order valence-electron chi connectivity index (χ3n) is 5.52. The van der Waals surface area contributed by atoms with Crippen LogP contribution in [0.15, 0.2) is 67.0 Å². The van der Waals surface area contributed by atoms with Gasteiger partial charge < -0.3 is 15.8 Å². The van der Waals surface area contributed by atoms with Crippen LogP contribution in [0.2, 0.25) is 0 Å². The van der Waals surface area contributed by atoms with Crippen LogP contribution < -0.4 is 11.1 Å². The van der Waals surface area contributed by atoms with E-state index in [0.29, 0.717) is 23.4 Å². The van der Waals surface area contributed by atoms with Gasteiger partial charge in [-0.1, -0.05) is 18.2 Å². The summed E-state index contributed by atoms with van der Waals surface area (Å²) in [6.07, 6.45) is 7.31. The highest BCUT2D eigenvalue weighted by atomic mass is 16.5. The van der Waals surface area contributed by atoms with Gasteiger partial charge in [0.15, 0.2) is 0 Å². The number of hydrogen-bond donors (Lipinski definition) is 2. The van der Waals surface area contributed by atoms with E-state index in [1.807, 2.05) is 18.2 Å². The third-order valence-corrected chi connectivity index (χ3v) is 5.52. The van der Waals surface area contributed by atoms with E-state index in [-0.39, 0.29) is 18.0 Å². The Labute approximate surface area is 181 Å². The molecule has 0 bridgehead atoms. The molecule has 0 atom stereocenters. The van der Waals surface area contributed by atoms with Crippen LogP contribution in [-0.4, -0.2) is 23.0 Å². The minimum atomic E-state index is -0.311. The minimum absolute atomic E-state index is 0.0102. The summed E-state index contributed by atoms with van der Waals surface area (Å²) < 4.78 is 5.64. The molecule has 6 nitrogen and oxygen atoms in total. The first-order chi connectivity index (χ1) is 15.1. The Morgan fingerprint density at radius 2 is 1.77 bits per heavy atom. The van der Waals surface area contributed by atoms with Gasteiger partial charge in [-0.3, -0.25) is 9.78 Å². The summed E-state index contributed by atoms with van der Waals surface area (Å²) in [5.41, 5.74) is 10.1. The van der Waals surface area contributed by atoms with Crippen molar-refractivity contribution in [2.75, 3.05) is 5.32 Å². The van der Waals surface area contributed by atoms with Gasteiger partial charge in [-0.05, 0) is 78.8 Å². The molecule has 1 aliphatic carbocycles. The van der Waals surface area contributed by atoms with E-state index in [4.69, 9.17) is 10.5 Å².